The van der Waals surface area contributed by atoms with Crippen LogP contribution in [-0.4, -0.2) is 29.4 Å². The fourth-order valence-electron chi connectivity index (χ4n) is 1.92. The summed E-state index contributed by atoms with van der Waals surface area (Å²) in [5.74, 6) is -1.95. The largest absolute Gasteiger partial charge is 0.481 e. The van der Waals surface area contributed by atoms with Gasteiger partial charge in [0.05, 0.1) is 11.0 Å². The van der Waals surface area contributed by atoms with Gasteiger partial charge in [-0.2, -0.15) is 0 Å². The van der Waals surface area contributed by atoms with Crippen LogP contribution < -0.4 is 4.74 Å². The second-order valence-electron chi connectivity index (χ2n) is 5.04. The molecule has 2 aromatic carbocycles. The Morgan fingerprint density at radius 2 is 1.88 bits per heavy atom. The van der Waals surface area contributed by atoms with Gasteiger partial charge in [-0.1, -0.05) is 12.1 Å². The lowest BCUT2D eigenvalue weighted by molar-refractivity contribution is -0.385. The molecule has 0 spiro atoms. The highest BCUT2D eigenvalue weighted by Crippen LogP contribution is 2.22. The average Bonchev–Trinajstić information content (AvgIpc) is 2.55. The van der Waals surface area contributed by atoms with Gasteiger partial charge in [0.25, 0.3) is 11.6 Å². The zero-order valence-corrected chi connectivity index (χ0v) is 12.7. The van der Waals surface area contributed by atoms with Crippen molar-refractivity contribution in [1.29, 1.82) is 0 Å². The number of nitro groups is 1. The Balaban J connectivity index is 1.92. The van der Waals surface area contributed by atoms with Crippen LogP contribution in [0, 0.1) is 21.7 Å². The third-order valence-electron chi connectivity index (χ3n) is 3.24. The molecule has 0 unspecified atom stereocenters. The van der Waals surface area contributed by atoms with E-state index in [-0.39, 0.29) is 18.1 Å². The van der Waals surface area contributed by atoms with Gasteiger partial charge in [-0.15, -0.1) is 0 Å². The van der Waals surface area contributed by atoms with Crippen molar-refractivity contribution in [1.82, 2.24) is 4.90 Å². The molecule has 0 heterocycles. The first-order valence-corrected chi connectivity index (χ1v) is 6.92. The fraction of sp³-hybridized carbons (Fsp3) is 0.188. The van der Waals surface area contributed by atoms with Crippen LogP contribution in [0.5, 0.6) is 5.75 Å². The lowest BCUT2D eigenvalue weighted by Gasteiger charge is -2.17. The molecule has 1 amide bonds. The topological polar surface area (TPSA) is 72.7 Å². The van der Waals surface area contributed by atoms with Crippen molar-refractivity contribution >= 4 is 11.6 Å². The molecule has 126 valence electrons. The van der Waals surface area contributed by atoms with Gasteiger partial charge in [-0.05, 0) is 23.8 Å². The van der Waals surface area contributed by atoms with Crippen LogP contribution in [-0.2, 0) is 11.3 Å². The molecular weight excluding hydrogens is 322 g/mol. The molecule has 0 aliphatic carbocycles. The number of nitro benzene ring substituents is 1. The number of non-ortho nitro benzene ring substituents is 1. The summed E-state index contributed by atoms with van der Waals surface area (Å²) in [5, 5.41) is 10.5. The molecule has 0 saturated heterocycles. The second kappa shape index (κ2) is 7.49. The van der Waals surface area contributed by atoms with Crippen LogP contribution in [0.1, 0.15) is 5.56 Å². The van der Waals surface area contributed by atoms with Crippen LogP contribution in [0.4, 0.5) is 14.5 Å². The number of benzene rings is 2. The zero-order valence-electron chi connectivity index (χ0n) is 12.7. The minimum absolute atomic E-state index is 0.241. The van der Waals surface area contributed by atoms with Gasteiger partial charge in [-0.3, -0.25) is 14.9 Å². The first-order chi connectivity index (χ1) is 11.4. The number of likely N-dealkylation sites (N-methyl/N-ethyl adjacent to an activating group) is 1. The van der Waals surface area contributed by atoms with Crippen molar-refractivity contribution in [2.45, 2.75) is 6.54 Å². The van der Waals surface area contributed by atoms with Gasteiger partial charge in [0, 0.05) is 19.7 Å². The van der Waals surface area contributed by atoms with E-state index < -0.39 is 28.9 Å². The summed E-state index contributed by atoms with van der Waals surface area (Å²) >= 11 is 0. The normalized spacial score (nSPS) is 10.3. The number of carbonyl (C=O) groups is 1. The number of carbonyl (C=O) groups excluding carboxylic acids is 1. The smallest absolute Gasteiger partial charge is 0.272 e. The van der Waals surface area contributed by atoms with E-state index >= 15 is 0 Å². The second-order valence-corrected chi connectivity index (χ2v) is 5.04. The first-order valence-electron chi connectivity index (χ1n) is 6.92. The maximum atomic E-state index is 13.7. The number of halogens is 2. The Morgan fingerprint density at radius 3 is 2.46 bits per heavy atom. The van der Waals surface area contributed by atoms with Crippen molar-refractivity contribution < 1.29 is 23.2 Å². The van der Waals surface area contributed by atoms with Crippen LogP contribution >= 0.6 is 0 Å². The van der Waals surface area contributed by atoms with Crippen LogP contribution in [0.15, 0.2) is 42.5 Å². The summed E-state index contributed by atoms with van der Waals surface area (Å²) in [6, 6.07) is 8.59. The van der Waals surface area contributed by atoms with Crippen molar-refractivity contribution in [2.75, 3.05) is 13.7 Å². The Morgan fingerprint density at radius 1 is 1.21 bits per heavy atom. The summed E-state index contributed by atoms with van der Waals surface area (Å²) in [5.41, 5.74) is 0.327. The molecule has 0 aromatic heterocycles. The molecular formula is C16H14F2N2O4. The Bertz CT molecular complexity index is 750. The van der Waals surface area contributed by atoms with Crippen molar-refractivity contribution in [3.05, 3.63) is 69.8 Å². The van der Waals surface area contributed by atoms with Crippen molar-refractivity contribution in [2.24, 2.45) is 0 Å². The Kier molecular flexibility index (Phi) is 5.41. The number of amides is 1. The van der Waals surface area contributed by atoms with Gasteiger partial charge < -0.3 is 9.64 Å². The number of hydrogen-bond acceptors (Lipinski definition) is 4. The van der Waals surface area contributed by atoms with Crippen molar-refractivity contribution in [3.63, 3.8) is 0 Å². The van der Waals surface area contributed by atoms with E-state index in [1.807, 2.05) is 0 Å². The number of nitrogens with zero attached hydrogens (tertiary/aromatic N) is 2. The minimum Gasteiger partial charge on any atom is -0.481 e. The molecule has 0 N–H and O–H groups in total. The van der Waals surface area contributed by atoms with E-state index in [2.05, 4.69) is 0 Å². The molecule has 0 atom stereocenters. The lowest BCUT2D eigenvalue weighted by atomic mass is 10.2. The predicted molar refractivity (Wildman–Crippen MR) is 81.4 cm³/mol. The molecule has 0 fully saturated rings. The van der Waals surface area contributed by atoms with Gasteiger partial charge in [0.2, 0.25) is 0 Å². The van der Waals surface area contributed by atoms with E-state index in [9.17, 15) is 23.7 Å². The molecule has 2 rings (SSSR count). The van der Waals surface area contributed by atoms with E-state index in [1.165, 1.54) is 24.1 Å². The maximum Gasteiger partial charge on any atom is 0.272 e. The van der Waals surface area contributed by atoms with Crippen molar-refractivity contribution in [3.8, 4) is 5.75 Å². The molecule has 0 radical (unpaired) electrons. The summed E-state index contributed by atoms with van der Waals surface area (Å²) in [7, 11) is 1.53. The number of ether oxygens (including phenoxy) is 1. The molecule has 6 nitrogen and oxygen atoms in total. The standard InChI is InChI=1S/C16H14F2N2O4/c1-19(9-11-2-4-12(17)5-3-11)16(21)10-24-15-7-6-13(20(22)23)8-14(15)18/h2-8H,9-10H2,1H3. The molecule has 0 aliphatic rings. The molecule has 2 aromatic rings. The van der Waals surface area contributed by atoms with E-state index in [0.717, 1.165) is 23.8 Å². The number of rotatable bonds is 6. The molecule has 0 saturated carbocycles. The third kappa shape index (κ3) is 4.48. The zero-order chi connectivity index (χ0) is 17.7. The molecule has 0 aliphatic heterocycles. The van der Waals surface area contributed by atoms with Crippen LogP contribution in [0.3, 0.4) is 0 Å². The van der Waals surface area contributed by atoms with Gasteiger partial charge in [0.15, 0.2) is 18.2 Å². The van der Waals surface area contributed by atoms with E-state index in [1.54, 1.807) is 12.1 Å². The Labute approximate surface area is 136 Å². The third-order valence-corrected chi connectivity index (χ3v) is 3.24. The molecule has 8 heteroatoms. The average molecular weight is 336 g/mol. The molecule has 24 heavy (non-hydrogen) atoms. The van der Waals surface area contributed by atoms with Crippen LogP contribution in [0.2, 0.25) is 0 Å². The number of hydrogen-bond donors (Lipinski definition) is 0. The monoisotopic (exact) mass is 336 g/mol. The summed E-state index contributed by atoms with van der Waals surface area (Å²) < 4.78 is 31.5. The predicted octanol–water partition coefficient (Wildman–Crippen LogP) is 2.91. The minimum atomic E-state index is -0.918. The van der Waals surface area contributed by atoms with E-state index in [4.69, 9.17) is 4.74 Å². The van der Waals surface area contributed by atoms with E-state index in [0.29, 0.717) is 0 Å². The Hall–Kier alpha value is -3.03. The summed E-state index contributed by atoms with van der Waals surface area (Å²) in [4.78, 5) is 23.1. The first kappa shape index (κ1) is 17.3. The van der Waals surface area contributed by atoms with Gasteiger partial charge in [-0.25, -0.2) is 8.78 Å². The van der Waals surface area contributed by atoms with Gasteiger partial charge >= 0.3 is 0 Å². The fourth-order valence-corrected chi connectivity index (χ4v) is 1.92. The van der Waals surface area contributed by atoms with Crippen LogP contribution in [0.25, 0.3) is 0 Å². The lowest BCUT2D eigenvalue weighted by Crippen LogP contribution is -2.31. The highest BCUT2D eigenvalue weighted by Gasteiger charge is 2.15. The van der Waals surface area contributed by atoms with Gasteiger partial charge in [0.1, 0.15) is 5.82 Å². The summed E-state index contributed by atoms with van der Waals surface area (Å²) in [6.07, 6.45) is 0. The maximum absolute atomic E-state index is 13.7. The highest BCUT2D eigenvalue weighted by atomic mass is 19.1. The quantitative estimate of drug-likeness (QED) is 0.600. The SMILES string of the molecule is CN(Cc1ccc(F)cc1)C(=O)COc1ccc([N+](=O)[O-])cc1F. The highest BCUT2D eigenvalue weighted by molar-refractivity contribution is 5.77. The summed E-state index contributed by atoms with van der Waals surface area (Å²) in [6.45, 7) is -0.183. The molecule has 0 bridgehead atoms.